The van der Waals surface area contributed by atoms with Crippen molar-refractivity contribution in [1.29, 1.82) is 0 Å². The van der Waals surface area contributed by atoms with Crippen LogP contribution in [0.25, 0.3) is 0 Å². The highest BCUT2D eigenvalue weighted by molar-refractivity contribution is 9.10. The Labute approximate surface area is 101 Å². The zero-order chi connectivity index (χ0) is 11.5. The number of ether oxygens (including phenoxy) is 1. The van der Waals surface area contributed by atoms with Crippen LogP contribution in [0.15, 0.2) is 23.1 Å². The Morgan fingerprint density at radius 2 is 2.31 bits per heavy atom. The first-order valence-corrected chi connectivity index (χ1v) is 5.31. The quantitative estimate of drug-likeness (QED) is 0.912. The molecule has 0 fully saturated rings. The first kappa shape index (κ1) is 10.9. The van der Waals surface area contributed by atoms with Crippen molar-refractivity contribution in [3.63, 3.8) is 0 Å². The van der Waals surface area contributed by atoms with E-state index in [0.717, 1.165) is 10.0 Å². The molecule has 0 unspecified atom stereocenters. The van der Waals surface area contributed by atoms with Gasteiger partial charge in [-0.3, -0.25) is 0 Å². The van der Waals surface area contributed by atoms with Crippen LogP contribution < -0.4 is 10.5 Å². The van der Waals surface area contributed by atoms with E-state index in [0.29, 0.717) is 12.4 Å². The van der Waals surface area contributed by atoms with E-state index in [2.05, 4.69) is 31.0 Å². The number of nitrogen functional groups attached to an aromatic ring is 1. The SMILES string of the molecule is COc1ncc(Cn2cnc(N)n2)cc1Br. The maximum Gasteiger partial charge on any atom is 0.239 e. The fourth-order valence-corrected chi connectivity index (χ4v) is 1.83. The summed E-state index contributed by atoms with van der Waals surface area (Å²) < 4.78 is 7.49. The first-order valence-electron chi connectivity index (χ1n) is 4.52. The highest BCUT2D eigenvalue weighted by Crippen LogP contribution is 2.22. The molecular weight excluding hydrogens is 274 g/mol. The van der Waals surface area contributed by atoms with Crippen LogP contribution in [0.3, 0.4) is 0 Å². The molecule has 7 heteroatoms. The van der Waals surface area contributed by atoms with E-state index in [-0.39, 0.29) is 5.95 Å². The molecule has 2 N–H and O–H groups in total. The van der Waals surface area contributed by atoms with E-state index in [1.807, 2.05) is 6.07 Å². The Hall–Kier alpha value is -1.63. The average Bonchev–Trinajstić information content (AvgIpc) is 2.64. The Kier molecular flexibility index (Phi) is 3.04. The number of nitrogens with two attached hydrogens (primary N) is 1. The van der Waals surface area contributed by atoms with Crippen molar-refractivity contribution >= 4 is 21.9 Å². The monoisotopic (exact) mass is 283 g/mol. The van der Waals surface area contributed by atoms with Crippen molar-refractivity contribution in [1.82, 2.24) is 19.7 Å². The fraction of sp³-hybridized carbons (Fsp3) is 0.222. The first-order chi connectivity index (χ1) is 7.69. The van der Waals surface area contributed by atoms with Gasteiger partial charge in [0, 0.05) is 6.20 Å². The summed E-state index contributed by atoms with van der Waals surface area (Å²) in [6, 6.07) is 1.92. The molecule has 0 aromatic carbocycles. The molecule has 0 aliphatic heterocycles. The third-order valence-corrected chi connectivity index (χ3v) is 2.52. The van der Waals surface area contributed by atoms with Gasteiger partial charge in [0.2, 0.25) is 11.8 Å². The summed E-state index contributed by atoms with van der Waals surface area (Å²) in [7, 11) is 1.57. The van der Waals surface area contributed by atoms with Crippen LogP contribution in [0.1, 0.15) is 5.56 Å². The molecular formula is C9H10BrN5O. The van der Waals surface area contributed by atoms with E-state index < -0.39 is 0 Å². The van der Waals surface area contributed by atoms with Gasteiger partial charge in [-0.25, -0.2) is 14.6 Å². The third kappa shape index (κ3) is 2.30. The van der Waals surface area contributed by atoms with Gasteiger partial charge in [0.1, 0.15) is 6.33 Å². The number of pyridine rings is 1. The molecule has 0 atom stereocenters. The van der Waals surface area contributed by atoms with Gasteiger partial charge in [0.15, 0.2) is 0 Å². The molecule has 0 spiro atoms. The lowest BCUT2D eigenvalue weighted by Crippen LogP contribution is -2.02. The second-order valence-electron chi connectivity index (χ2n) is 3.14. The summed E-state index contributed by atoms with van der Waals surface area (Å²) in [5.41, 5.74) is 6.40. The molecule has 2 heterocycles. The van der Waals surface area contributed by atoms with Crippen molar-refractivity contribution in [3.05, 3.63) is 28.6 Å². The summed E-state index contributed by atoms with van der Waals surface area (Å²) in [4.78, 5) is 7.98. The van der Waals surface area contributed by atoms with Crippen LogP contribution >= 0.6 is 15.9 Å². The number of hydrogen-bond donors (Lipinski definition) is 1. The predicted octanol–water partition coefficient (Wildman–Crippen LogP) is 1.07. The maximum atomic E-state index is 5.42. The van der Waals surface area contributed by atoms with Crippen LogP contribution in [-0.4, -0.2) is 26.9 Å². The van der Waals surface area contributed by atoms with Gasteiger partial charge >= 0.3 is 0 Å². The molecule has 0 aliphatic rings. The molecule has 2 aromatic rings. The lowest BCUT2D eigenvalue weighted by atomic mass is 10.3. The van der Waals surface area contributed by atoms with E-state index in [1.165, 1.54) is 0 Å². The molecule has 84 valence electrons. The van der Waals surface area contributed by atoms with Gasteiger partial charge in [0.05, 0.1) is 18.1 Å². The van der Waals surface area contributed by atoms with Crippen molar-refractivity contribution in [2.45, 2.75) is 6.54 Å². The molecule has 0 saturated heterocycles. The van der Waals surface area contributed by atoms with E-state index >= 15 is 0 Å². The zero-order valence-electron chi connectivity index (χ0n) is 8.59. The van der Waals surface area contributed by atoms with E-state index in [1.54, 1.807) is 24.3 Å². The van der Waals surface area contributed by atoms with Gasteiger partial charge in [-0.05, 0) is 27.6 Å². The predicted molar refractivity (Wildman–Crippen MR) is 62.0 cm³/mol. The van der Waals surface area contributed by atoms with Crippen LogP contribution in [0.2, 0.25) is 0 Å². The van der Waals surface area contributed by atoms with Crippen molar-refractivity contribution in [2.24, 2.45) is 0 Å². The van der Waals surface area contributed by atoms with Gasteiger partial charge in [-0.15, -0.1) is 5.10 Å². The normalized spacial score (nSPS) is 10.4. The molecule has 0 aliphatic carbocycles. The third-order valence-electron chi connectivity index (χ3n) is 1.96. The molecule has 16 heavy (non-hydrogen) atoms. The number of aromatic nitrogens is 4. The highest BCUT2D eigenvalue weighted by atomic mass is 79.9. The summed E-state index contributed by atoms with van der Waals surface area (Å²) in [6.07, 6.45) is 3.30. The number of rotatable bonds is 3. The number of hydrogen-bond acceptors (Lipinski definition) is 5. The van der Waals surface area contributed by atoms with Crippen LogP contribution in [-0.2, 0) is 6.54 Å². The highest BCUT2D eigenvalue weighted by Gasteiger charge is 2.04. The Morgan fingerprint density at radius 1 is 1.50 bits per heavy atom. The van der Waals surface area contributed by atoms with E-state index in [4.69, 9.17) is 10.5 Å². The van der Waals surface area contributed by atoms with Crippen molar-refractivity contribution in [3.8, 4) is 5.88 Å². The molecule has 2 aromatic heterocycles. The smallest absolute Gasteiger partial charge is 0.239 e. The van der Waals surface area contributed by atoms with Gasteiger partial charge < -0.3 is 10.5 Å². The topological polar surface area (TPSA) is 78.8 Å². The van der Waals surface area contributed by atoms with Gasteiger partial charge in [0.25, 0.3) is 0 Å². The van der Waals surface area contributed by atoms with Gasteiger partial charge in [-0.1, -0.05) is 0 Å². The lowest BCUT2D eigenvalue weighted by Gasteiger charge is -2.04. The fourth-order valence-electron chi connectivity index (χ4n) is 1.27. The Morgan fingerprint density at radius 3 is 2.88 bits per heavy atom. The standard InChI is InChI=1S/C9H10BrN5O/c1-16-8-7(10)2-6(3-12-8)4-15-5-13-9(11)14-15/h2-3,5H,4H2,1H3,(H2,11,14). The number of nitrogens with zero attached hydrogens (tertiary/aromatic N) is 4. The number of halogens is 1. The summed E-state index contributed by atoms with van der Waals surface area (Å²) in [5.74, 6) is 0.822. The average molecular weight is 284 g/mol. The molecule has 2 rings (SSSR count). The molecule has 0 saturated carbocycles. The largest absolute Gasteiger partial charge is 0.480 e. The minimum atomic E-state index is 0.264. The van der Waals surface area contributed by atoms with Crippen LogP contribution in [0.5, 0.6) is 5.88 Å². The Balaban J connectivity index is 2.19. The molecule has 6 nitrogen and oxygen atoms in total. The maximum absolute atomic E-state index is 5.42. The second-order valence-corrected chi connectivity index (χ2v) is 3.99. The number of methoxy groups -OCH3 is 1. The molecule has 0 radical (unpaired) electrons. The summed E-state index contributed by atoms with van der Waals surface area (Å²) >= 11 is 3.37. The molecule has 0 bridgehead atoms. The second kappa shape index (κ2) is 4.48. The zero-order valence-corrected chi connectivity index (χ0v) is 10.2. The van der Waals surface area contributed by atoms with Gasteiger partial charge in [-0.2, -0.15) is 0 Å². The van der Waals surface area contributed by atoms with Crippen LogP contribution in [0.4, 0.5) is 5.95 Å². The summed E-state index contributed by atoms with van der Waals surface area (Å²) in [6.45, 7) is 0.569. The number of anilines is 1. The minimum absolute atomic E-state index is 0.264. The molecule has 0 amide bonds. The summed E-state index contributed by atoms with van der Waals surface area (Å²) in [5, 5.41) is 3.99. The Bertz CT molecular complexity index is 498. The van der Waals surface area contributed by atoms with Crippen molar-refractivity contribution < 1.29 is 4.74 Å². The van der Waals surface area contributed by atoms with Crippen molar-refractivity contribution in [2.75, 3.05) is 12.8 Å². The van der Waals surface area contributed by atoms with E-state index in [9.17, 15) is 0 Å². The lowest BCUT2D eigenvalue weighted by molar-refractivity contribution is 0.394. The van der Waals surface area contributed by atoms with Crippen LogP contribution in [0, 0.1) is 0 Å². The minimum Gasteiger partial charge on any atom is -0.480 e.